The van der Waals surface area contributed by atoms with Crippen LogP contribution >= 0.6 is 11.6 Å². The van der Waals surface area contributed by atoms with E-state index in [9.17, 15) is 14.4 Å². The minimum absolute atomic E-state index is 0.222. The summed E-state index contributed by atoms with van der Waals surface area (Å²) in [6, 6.07) is 9.75. The molecule has 0 spiro atoms. The molecular formula is C20H20ClN5O4. The summed E-state index contributed by atoms with van der Waals surface area (Å²) in [4.78, 5) is 49.8. The lowest BCUT2D eigenvalue weighted by atomic mass is 10.0. The Bertz CT molecular complexity index is 1130. The third-order valence-corrected chi connectivity index (χ3v) is 5.42. The van der Waals surface area contributed by atoms with Gasteiger partial charge in [0.05, 0.1) is 12.6 Å². The maximum atomic E-state index is 12.9. The van der Waals surface area contributed by atoms with E-state index in [2.05, 4.69) is 15.0 Å². The van der Waals surface area contributed by atoms with Crippen LogP contribution in [0.2, 0.25) is 5.02 Å². The van der Waals surface area contributed by atoms with E-state index in [1.165, 1.54) is 7.11 Å². The van der Waals surface area contributed by atoms with E-state index in [0.29, 0.717) is 42.4 Å². The summed E-state index contributed by atoms with van der Waals surface area (Å²) in [7, 11) is 1.36. The second kappa shape index (κ2) is 8.29. The van der Waals surface area contributed by atoms with E-state index in [1.54, 1.807) is 41.3 Å². The number of methoxy groups -OCH3 is 1. The molecule has 2 N–H and O–H groups in total. The van der Waals surface area contributed by atoms with Gasteiger partial charge in [-0.3, -0.25) is 14.7 Å². The molecule has 1 amide bonds. The van der Waals surface area contributed by atoms with Crippen LogP contribution in [0.3, 0.4) is 0 Å². The number of nitrogens with one attached hydrogen (secondary N) is 2. The summed E-state index contributed by atoms with van der Waals surface area (Å²) in [5.41, 5.74) is 1.57. The van der Waals surface area contributed by atoms with Gasteiger partial charge >= 0.3 is 11.7 Å². The molecule has 0 aliphatic carbocycles. The Labute approximate surface area is 176 Å². The van der Waals surface area contributed by atoms with Crippen LogP contribution in [0.5, 0.6) is 0 Å². The number of hydrogen-bond donors (Lipinski definition) is 2. The number of benzene rings is 1. The number of aromatic amines is 2. The monoisotopic (exact) mass is 429 g/mol. The molecule has 4 rings (SSSR count). The Kier molecular flexibility index (Phi) is 5.56. The van der Waals surface area contributed by atoms with Gasteiger partial charge in [-0.05, 0) is 29.8 Å². The second-order valence-electron chi connectivity index (χ2n) is 6.98. The van der Waals surface area contributed by atoms with Gasteiger partial charge in [0.15, 0.2) is 5.65 Å². The van der Waals surface area contributed by atoms with Crippen molar-refractivity contribution in [3.05, 3.63) is 63.2 Å². The molecule has 3 aromatic rings. The number of fused-ring (bicyclic) bond motifs is 1. The van der Waals surface area contributed by atoms with Gasteiger partial charge in [0.1, 0.15) is 11.7 Å². The van der Waals surface area contributed by atoms with Crippen LogP contribution in [0, 0.1) is 0 Å². The Morgan fingerprint density at radius 1 is 1.07 bits per heavy atom. The Balaban J connectivity index is 1.48. The molecule has 9 nitrogen and oxygen atoms in total. The number of piperazine rings is 1. The number of amides is 1. The van der Waals surface area contributed by atoms with E-state index in [1.807, 2.05) is 4.90 Å². The molecule has 1 aliphatic rings. The first-order valence-corrected chi connectivity index (χ1v) is 9.80. The highest BCUT2D eigenvalue weighted by Crippen LogP contribution is 2.25. The number of esters is 1. The van der Waals surface area contributed by atoms with Gasteiger partial charge in [0.2, 0.25) is 0 Å². The summed E-state index contributed by atoms with van der Waals surface area (Å²) in [5.74, 6) is -0.583. The van der Waals surface area contributed by atoms with Crippen molar-refractivity contribution in [1.82, 2.24) is 24.8 Å². The van der Waals surface area contributed by atoms with E-state index < -0.39 is 6.04 Å². The maximum Gasteiger partial charge on any atom is 0.327 e. The molecule has 0 radical (unpaired) electrons. The maximum absolute atomic E-state index is 12.9. The molecule has 1 fully saturated rings. The average molecular weight is 430 g/mol. The van der Waals surface area contributed by atoms with Crippen molar-refractivity contribution in [2.45, 2.75) is 6.04 Å². The summed E-state index contributed by atoms with van der Waals surface area (Å²) in [6.45, 7) is 1.86. The first-order valence-electron chi connectivity index (χ1n) is 9.42. The van der Waals surface area contributed by atoms with Crippen molar-refractivity contribution < 1.29 is 14.3 Å². The molecule has 156 valence electrons. The van der Waals surface area contributed by atoms with Gasteiger partial charge < -0.3 is 14.6 Å². The normalized spacial score (nSPS) is 15.9. The number of carbonyl (C=O) groups is 2. The van der Waals surface area contributed by atoms with E-state index >= 15 is 0 Å². The fraction of sp³-hybridized carbons (Fsp3) is 0.300. The fourth-order valence-corrected chi connectivity index (χ4v) is 3.76. The van der Waals surface area contributed by atoms with Crippen LogP contribution in [-0.2, 0) is 9.53 Å². The summed E-state index contributed by atoms with van der Waals surface area (Å²) >= 11 is 5.96. The van der Waals surface area contributed by atoms with Crippen molar-refractivity contribution >= 4 is 34.6 Å². The van der Waals surface area contributed by atoms with Crippen molar-refractivity contribution in [3.8, 4) is 0 Å². The lowest BCUT2D eigenvalue weighted by molar-refractivity contribution is -0.148. The molecule has 30 heavy (non-hydrogen) atoms. The second-order valence-corrected chi connectivity index (χ2v) is 7.41. The summed E-state index contributed by atoms with van der Waals surface area (Å²) < 4.78 is 5.00. The number of hydrogen-bond acceptors (Lipinski definition) is 6. The highest BCUT2D eigenvalue weighted by Gasteiger charge is 2.32. The topological polar surface area (TPSA) is 111 Å². The third-order valence-electron chi connectivity index (χ3n) is 5.17. The van der Waals surface area contributed by atoms with Crippen LogP contribution in [0.25, 0.3) is 11.2 Å². The molecule has 1 saturated heterocycles. The summed E-state index contributed by atoms with van der Waals surface area (Å²) in [5, 5.41) is 0.589. The van der Waals surface area contributed by atoms with Crippen molar-refractivity contribution in [1.29, 1.82) is 0 Å². The van der Waals surface area contributed by atoms with Gasteiger partial charge in [0, 0.05) is 31.2 Å². The third kappa shape index (κ3) is 3.94. The molecule has 1 aliphatic heterocycles. The SMILES string of the molecule is COC(=O)[C@@H](c1ccc(Cl)cc1)N1CCN(C(=O)c2ccc3[nH]c(=O)[nH]c3n2)CC1. The van der Waals surface area contributed by atoms with Gasteiger partial charge in [0.25, 0.3) is 5.91 Å². The number of imidazole rings is 1. The number of rotatable bonds is 4. The van der Waals surface area contributed by atoms with Crippen LogP contribution in [0.4, 0.5) is 0 Å². The quantitative estimate of drug-likeness (QED) is 0.609. The van der Waals surface area contributed by atoms with E-state index in [0.717, 1.165) is 5.56 Å². The predicted octanol–water partition coefficient (Wildman–Crippen LogP) is 1.58. The molecule has 3 heterocycles. The van der Waals surface area contributed by atoms with Gasteiger partial charge in [-0.2, -0.15) is 0 Å². The largest absolute Gasteiger partial charge is 0.468 e. The zero-order valence-corrected chi connectivity index (χ0v) is 17.0. The molecular weight excluding hydrogens is 410 g/mol. The molecule has 10 heteroatoms. The molecule has 0 bridgehead atoms. The number of ether oxygens (including phenoxy) is 1. The van der Waals surface area contributed by atoms with Crippen molar-refractivity contribution in [2.75, 3.05) is 33.3 Å². The van der Waals surface area contributed by atoms with Crippen LogP contribution < -0.4 is 5.69 Å². The number of aromatic nitrogens is 3. The zero-order valence-electron chi connectivity index (χ0n) is 16.2. The lowest BCUT2D eigenvalue weighted by Gasteiger charge is -2.38. The first-order chi connectivity index (χ1) is 14.5. The molecule has 2 aromatic heterocycles. The number of H-pyrrole nitrogens is 2. The highest BCUT2D eigenvalue weighted by atomic mass is 35.5. The number of pyridine rings is 1. The Morgan fingerprint density at radius 3 is 2.43 bits per heavy atom. The smallest absolute Gasteiger partial charge is 0.327 e. The highest BCUT2D eigenvalue weighted by molar-refractivity contribution is 6.30. The number of carbonyl (C=O) groups excluding carboxylic acids is 2. The fourth-order valence-electron chi connectivity index (χ4n) is 3.63. The Morgan fingerprint density at radius 2 is 1.77 bits per heavy atom. The van der Waals surface area contributed by atoms with E-state index in [-0.39, 0.29) is 23.3 Å². The van der Waals surface area contributed by atoms with Gasteiger partial charge in [-0.25, -0.2) is 14.6 Å². The zero-order chi connectivity index (χ0) is 21.3. The van der Waals surface area contributed by atoms with Crippen LogP contribution in [0.1, 0.15) is 22.1 Å². The van der Waals surface area contributed by atoms with E-state index in [4.69, 9.17) is 16.3 Å². The molecule has 1 atom stereocenters. The number of nitrogens with zero attached hydrogens (tertiary/aromatic N) is 3. The molecule has 0 saturated carbocycles. The Hall–Kier alpha value is -3.17. The molecule has 0 unspecified atom stereocenters. The van der Waals surface area contributed by atoms with Crippen LogP contribution in [0.15, 0.2) is 41.2 Å². The van der Waals surface area contributed by atoms with Crippen LogP contribution in [-0.4, -0.2) is 69.9 Å². The minimum atomic E-state index is -0.566. The lowest BCUT2D eigenvalue weighted by Crippen LogP contribution is -2.51. The minimum Gasteiger partial charge on any atom is -0.468 e. The van der Waals surface area contributed by atoms with Crippen molar-refractivity contribution in [3.63, 3.8) is 0 Å². The van der Waals surface area contributed by atoms with Gasteiger partial charge in [-0.15, -0.1) is 0 Å². The first kappa shape index (κ1) is 20.1. The summed E-state index contributed by atoms with van der Waals surface area (Å²) in [6.07, 6.45) is 0. The number of halogens is 1. The average Bonchev–Trinajstić information content (AvgIpc) is 3.14. The standard InChI is InChI=1S/C20H20ClN5O4/c1-30-19(28)16(12-2-4-13(21)5-3-12)25-8-10-26(11-9-25)18(27)15-7-6-14-17(22-15)24-20(29)23-14/h2-7,16H,8-11H2,1H3,(H2,22,23,24,29)/t16-/m1/s1. The predicted molar refractivity (Wildman–Crippen MR) is 110 cm³/mol. The van der Waals surface area contributed by atoms with Gasteiger partial charge in [-0.1, -0.05) is 23.7 Å². The van der Waals surface area contributed by atoms with Crippen molar-refractivity contribution in [2.24, 2.45) is 0 Å². The molecule has 1 aromatic carbocycles.